The second kappa shape index (κ2) is 6.86. The zero-order valence-electron chi connectivity index (χ0n) is 14.1. The number of esters is 1. The summed E-state index contributed by atoms with van der Waals surface area (Å²) < 4.78 is 10.3. The predicted octanol–water partition coefficient (Wildman–Crippen LogP) is 2.02. The van der Waals surface area contributed by atoms with Gasteiger partial charge in [0.1, 0.15) is 5.60 Å². The summed E-state index contributed by atoms with van der Waals surface area (Å²) in [6, 6.07) is 0.559. The van der Waals surface area contributed by atoms with Crippen molar-refractivity contribution in [2.45, 2.75) is 64.1 Å². The first-order valence-corrected chi connectivity index (χ1v) is 8.10. The summed E-state index contributed by atoms with van der Waals surface area (Å²) in [6.45, 7) is 7.65. The molecule has 2 aliphatic rings. The number of hydrogen-bond acceptors (Lipinski definition) is 5. The summed E-state index contributed by atoms with van der Waals surface area (Å²) >= 11 is 0. The van der Waals surface area contributed by atoms with Crippen LogP contribution in [0.2, 0.25) is 0 Å². The lowest BCUT2D eigenvalue weighted by molar-refractivity contribution is -0.142. The van der Waals surface area contributed by atoms with Crippen molar-refractivity contribution in [2.24, 2.45) is 0 Å². The summed E-state index contributed by atoms with van der Waals surface area (Å²) in [5.41, 5.74) is -0.462. The summed E-state index contributed by atoms with van der Waals surface area (Å²) in [4.78, 5) is 27.8. The van der Waals surface area contributed by atoms with Crippen LogP contribution in [0.1, 0.15) is 46.5 Å². The SMILES string of the molecule is COC(=O)CN1CCC(N(C(=O)OC(C)(C)C)C2CC2)CC1. The van der Waals surface area contributed by atoms with Gasteiger partial charge in [0.05, 0.1) is 13.7 Å². The van der Waals surface area contributed by atoms with E-state index in [0.717, 1.165) is 38.8 Å². The second-order valence-corrected chi connectivity index (χ2v) is 7.20. The van der Waals surface area contributed by atoms with Crippen molar-refractivity contribution in [1.82, 2.24) is 9.80 Å². The third-order valence-electron chi connectivity index (χ3n) is 4.08. The minimum atomic E-state index is -0.462. The van der Waals surface area contributed by atoms with Gasteiger partial charge in [0.15, 0.2) is 0 Å². The van der Waals surface area contributed by atoms with Crippen LogP contribution in [0.15, 0.2) is 0 Å². The maximum absolute atomic E-state index is 12.5. The van der Waals surface area contributed by atoms with E-state index < -0.39 is 5.60 Å². The third kappa shape index (κ3) is 4.87. The molecule has 0 atom stereocenters. The molecule has 0 unspecified atom stereocenters. The number of hydrogen-bond donors (Lipinski definition) is 0. The molecule has 0 aromatic rings. The fourth-order valence-corrected chi connectivity index (χ4v) is 2.87. The quantitative estimate of drug-likeness (QED) is 0.743. The number of nitrogens with zero attached hydrogens (tertiary/aromatic N) is 2. The summed E-state index contributed by atoms with van der Waals surface area (Å²) in [5.74, 6) is -0.204. The molecule has 1 aliphatic heterocycles. The minimum absolute atomic E-state index is 0.193. The largest absolute Gasteiger partial charge is 0.468 e. The number of rotatable bonds is 4. The van der Waals surface area contributed by atoms with Gasteiger partial charge in [-0.3, -0.25) is 9.69 Å². The van der Waals surface area contributed by atoms with E-state index in [9.17, 15) is 9.59 Å². The van der Waals surface area contributed by atoms with Crippen LogP contribution in [0.5, 0.6) is 0 Å². The third-order valence-corrected chi connectivity index (χ3v) is 4.08. The van der Waals surface area contributed by atoms with Crippen LogP contribution < -0.4 is 0 Å². The number of piperidine rings is 1. The van der Waals surface area contributed by atoms with E-state index in [2.05, 4.69) is 4.90 Å². The van der Waals surface area contributed by atoms with Gasteiger partial charge in [0.25, 0.3) is 0 Å². The topological polar surface area (TPSA) is 59.1 Å². The van der Waals surface area contributed by atoms with E-state index in [0.29, 0.717) is 12.6 Å². The molecule has 2 fully saturated rings. The Morgan fingerprint density at radius 3 is 2.09 bits per heavy atom. The Morgan fingerprint density at radius 2 is 1.64 bits per heavy atom. The number of amides is 1. The maximum atomic E-state index is 12.5. The van der Waals surface area contributed by atoms with Crippen molar-refractivity contribution in [2.75, 3.05) is 26.7 Å². The van der Waals surface area contributed by atoms with Gasteiger partial charge < -0.3 is 14.4 Å². The van der Waals surface area contributed by atoms with Crippen molar-refractivity contribution in [3.8, 4) is 0 Å². The molecule has 0 bridgehead atoms. The highest BCUT2D eigenvalue weighted by atomic mass is 16.6. The van der Waals surface area contributed by atoms with Gasteiger partial charge in [-0.2, -0.15) is 0 Å². The number of ether oxygens (including phenoxy) is 2. The number of likely N-dealkylation sites (tertiary alicyclic amines) is 1. The number of methoxy groups -OCH3 is 1. The van der Waals surface area contributed by atoms with Gasteiger partial charge in [-0.25, -0.2) is 4.79 Å². The van der Waals surface area contributed by atoms with Crippen molar-refractivity contribution in [1.29, 1.82) is 0 Å². The Bertz CT molecular complexity index is 407. The first kappa shape index (κ1) is 17.1. The Balaban J connectivity index is 1.89. The average molecular weight is 312 g/mol. The molecule has 1 saturated heterocycles. The molecule has 0 spiro atoms. The molecule has 1 amide bonds. The van der Waals surface area contributed by atoms with Crippen LogP contribution in [0.3, 0.4) is 0 Å². The van der Waals surface area contributed by atoms with Crippen LogP contribution in [-0.4, -0.2) is 66.3 Å². The standard InChI is InChI=1S/C16H28N2O4/c1-16(2,3)22-15(20)18(12-5-6-12)13-7-9-17(10-8-13)11-14(19)21-4/h12-13H,5-11H2,1-4H3. The predicted molar refractivity (Wildman–Crippen MR) is 82.6 cm³/mol. The smallest absolute Gasteiger partial charge is 0.410 e. The van der Waals surface area contributed by atoms with Gasteiger partial charge in [0.2, 0.25) is 0 Å². The molecular formula is C16H28N2O4. The fraction of sp³-hybridized carbons (Fsp3) is 0.875. The van der Waals surface area contributed by atoms with Crippen molar-refractivity contribution in [3.63, 3.8) is 0 Å². The highest BCUT2D eigenvalue weighted by molar-refractivity contribution is 5.71. The highest BCUT2D eigenvalue weighted by Gasteiger charge is 2.40. The average Bonchev–Trinajstić information content (AvgIpc) is 3.23. The molecule has 0 radical (unpaired) electrons. The van der Waals surface area contributed by atoms with Crippen LogP contribution >= 0.6 is 0 Å². The summed E-state index contributed by atoms with van der Waals surface area (Å²) in [5, 5.41) is 0. The van der Waals surface area contributed by atoms with E-state index >= 15 is 0 Å². The van der Waals surface area contributed by atoms with Gasteiger partial charge in [-0.05, 0) is 46.5 Å². The first-order valence-electron chi connectivity index (χ1n) is 8.10. The van der Waals surface area contributed by atoms with Gasteiger partial charge in [-0.1, -0.05) is 0 Å². The highest BCUT2D eigenvalue weighted by Crippen LogP contribution is 2.33. The van der Waals surface area contributed by atoms with Crippen molar-refractivity contribution in [3.05, 3.63) is 0 Å². The van der Waals surface area contributed by atoms with Crippen LogP contribution in [0.4, 0.5) is 4.79 Å². The Labute approximate surface area is 132 Å². The lowest BCUT2D eigenvalue weighted by Gasteiger charge is -2.38. The molecule has 1 aliphatic carbocycles. The van der Waals surface area contributed by atoms with E-state index in [1.54, 1.807) is 0 Å². The lowest BCUT2D eigenvalue weighted by Crippen LogP contribution is -2.50. The van der Waals surface area contributed by atoms with E-state index in [4.69, 9.17) is 9.47 Å². The van der Waals surface area contributed by atoms with Crippen LogP contribution in [-0.2, 0) is 14.3 Å². The van der Waals surface area contributed by atoms with E-state index in [1.807, 2.05) is 25.7 Å². The molecule has 6 nitrogen and oxygen atoms in total. The van der Waals surface area contributed by atoms with Gasteiger partial charge in [0, 0.05) is 25.2 Å². The molecule has 0 aromatic heterocycles. The van der Waals surface area contributed by atoms with Crippen LogP contribution in [0, 0.1) is 0 Å². The van der Waals surface area contributed by atoms with Gasteiger partial charge in [-0.15, -0.1) is 0 Å². The molecular weight excluding hydrogens is 284 g/mol. The molecule has 2 rings (SSSR count). The molecule has 1 saturated carbocycles. The Hall–Kier alpha value is -1.30. The Kier molecular flexibility index (Phi) is 5.32. The molecule has 0 aromatic carbocycles. The molecule has 6 heteroatoms. The number of carbonyl (C=O) groups is 2. The first-order chi connectivity index (χ1) is 10.3. The Morgan fingerprint density at radius 1 is 1.09 bits per heavy atom. The molecule has 1 heterocycles. The monoisotopic (exact) mass is 312 g/mol. The summed E-state index contributed by atoms with van der Waals surface area (Å²) in [7, 11) is 1.41. The second-order valence-electron chi connectivity index (χ2n) is 7.20. The minimum Gasteiger partial charge on any atom is -0.468 e. The van der Waals surface area contributed by atoms with Crippen LogP contribution in [0.25, 0.3) is 0 Å². The molecule has 0 N–H and O–H groups in total. The van der Waals surface area contributed by atoms with Crippen molar-refractivity contribution < 1.29 is 19.1 Å². The lowest BCUT2D eigenvalue weighted by atomic mass is 10.0. The van der Waals surface area contributed by atoms with Crippen molar-refractivity contribution >= 4 is 12.1 Å². The zero-order valence-corrected chi connectivity index (χ0v) is 14.1. The maximum Gasteiger partial charge on any atom is 0.410 e. The zero-order chi connectivity index (χ0) is 16.3. The summed E-state index contributed by atoms with van der Waals surface area (Å²) in [6.07, 6.45) is 3.71. The fourth-order valence-electron chi connectivity index (χ4n) is 2.87. The van der Waals surface area contributed by atoms with E-state index in [1.165, 1.54) is 7.11 Å². The number of carbonyl (C=O) groups excluding carboxylic acids is 2. The normalized spacial score (nSPS) is 20.5. The van der Waals surface area contributed by atoms with Gasteiger partial charge >= 0.3 is 12.1 Å². The van der Waals surface area contributed by atoms with E-state index in [-0.39, 0.29) is 18.1 Å². The molecule has 126 valence electrons. The molecule has 22 heavy (non-hydrogen) atoms.